The van der Waals surface area contributed by atoms with Gasteiger partial charge in [0, 0.05) is 49.2 Å². The maximum Gasteiger partial charge on any atom is 0.321 e. The van der Waals surface area contributed by atoms with Crippen molar-refractivity contribution in [2.24, 2.45) is 0 Å². The van der Waals surface area contributed by atoms with Gasteiger partial charge in [-0.2, -0.15) is 11.3 Å². The highest BCUT2D eigenvalue weighted by Gasteiger charge is 2.17. The predicted molar refractivity (Wildman–Crippen MR) is 109 cm³/mol. The van der Waals surface area contributed by atoms with E-state index in [1.165, 1.54) is 11.3 Å². The Labute approximate surface area is 168 Å². The molecule has 1 saturated heterocycles. The fourth-order valence-electron chi connectivity index (χ4n) is 2.96. The van der Waals surface area contributed by atoms with Gasteiger partial charge in [0.15, 0.2) is 0 Å². The highest BCUT2D eigenvalue weighted by Crippen LogP contribution is 2.14. The van der Waals surface area contributed by atoms with E-state index in [0.29, 0.717) is 17.8 Å². The number of anilines is 1. The number of nitrogens with zero attached hydrogens (tertiary/aromatic N) is 1. The van der Waals surface area contributed by atoms with Crippen molar-refractivity contribution in [2.45, 2.75) is 25.8 Å². The van der Waals surface area contributed by atoms with E-state index < -0.39 is 0 Å². The van der Waals surface area contributed by atoms with Crippen molar-refractivity contribution in [1.82, 2.24) is 15.5 Å². The van der Waals surface area contributed by atoms with E-state index in [0.717, 1.165) is 31.5 Å². The molecule has 1 aromatic heterocycles. The lowest BCUT2D eigenvalue weighted by Gasteiger charge is -2.16. The summed E-state index contributed by atoms with van der Waals surface area (Å²) >= 11 is 1.46. The maximum atomic E-state index is 12.2. The molecule has 28 heavy (non-hydrogen) atoms. The minimum atomic E-state index is -0.171. The molecule has 3 N–H and O–H groups in total. The Morgan fingerprint density at radius 3 is 2.64 bits per heavy atom. The van der Waals surface area contributed by atoms with Crippen LogP contribution < -0.4 is 16.0 Å². The lowest BCUT2D eigenvalue weighted by molar-refractivity contribution is -0.121. The van der Waals surface area contributed by atoms with Gasteiger partial charge in [-0.1, -0.05) is 12.1 Å². The first-order chi connectivity index (χ1) is 13.6. The molecule has 0 saturated carbocycles. The molecule has 1 aromatic carbocycles. The van der Waals surface area contributed by atoms with Crippen LogP contribution in [0.15, 0.2) is 41.1 Å². The van der Waals surface area contributed by atoms with Crippen molar-refractivity contribution < 1.29 is 14.4 Å². The predicted octanol–water partition coefficient (Wildman–Crippen LogP) is 2.81. The number of urea groups is 1. The molecule has 1 aliphatic rings. The van der Waals surface area contributed by atoms with Gasteiger partial charge in [-0.3, -0.25) is 9.59 Å². The minimum Gasteiger partial charge on any atom is -0.352 e. The lowest BCUT2D eigenvalue weighted by Crippen LogP contribution is -2.32. The Kier molecular flexibility index (Phi) is 7.02. The fourth-order valence-corrected chi connectivity index (χ4v) is 3.59. The van der Waals surface area contributed by atoms with E-state index >= 15 is 0 Å². The van der Waals surface area contributed by atoms with Gasteiger partial charge in [-0.15, -0.1) is 0 Å². The second-order valence-corrected chi connectivity index (χ2v) is 7.40. The molecular formula is C20H24N4O3S. The van der Waals surface area contributed by atoms with Gasteiger partial charge < -0.3 is 20.9 Å². The molecule has 0 bridgehead atoms. The van der Waals surface area contributed by atoms with Crippen LogP contribution in [-0.4, -0.2) is 42.4 Å². The molecule has 0 atom stereocenters. The van der Waals surface area contributed by atoms with E-state index in [4.69, 9.17) is 0 Å². The molecule has 4 amide bonds. The largest absolute Gasteiger partial charge is 0.352 e. The van der Waals surface area contributed by atoms with Crippen LogP contribution in [0.3, 0.4) is 0 Å². The molecule has 7 nitrogen and oxygen atoms in total. The number of nitrogens with one attached hydrogen (secondary N) is 3. The quantitative estimate of drug-likeness (QED) is 0.667. The SMILES string of the molecule is O=C(CCNC(=O)c1ccsc1)NCc1cccc(NC(=O)N2CCCC2)c1. The van der Waals surface area contributed by atoms with Crippen molar-refractivity contribution in [3.63, 3.8) is 0 Å². The number of carbonyl (C=O) groups is 3. The monoisotopic (exact) mass is 400 g/mol. The summed E-state index contributed by atoms with van der Waals surface area (Å²) in [5, 5.41) is 12.1. The Balaban J connectivity index is 1.39. The maximum absolute atomic E-state index is 12.2. The molecule has 0 aliphatic carbocycles. The third kappa shape index (κ3) is 5.82. The van der Waals surface area contributed by atoms with Crippen molar-refractivity contribution in [3.05, 3.63) is 52.2 Å². The summed E-state index contributed by atoms with van der Waals surface area (Å²) in [5.41, 5.74) is 2.22. The molecule has 2 heterocycles. The van der Waals surface area contributed by atoms with Crippen molar-refractivity contribution in [2.75, 3.05) is 25.0 Å². The number of benzene rings is 1. The summed E-state index contributed by atoms with van der Waals surface area (Å²) < 4.78 is 0. The van der Waals surface area contributed by atoms with Crippen LogP contribution in [0.1, 0.15) is 35.2 Å². The summed E-state index contributed by atoms with van der Waals surface area (Å²) in [5.74, 6) is -0.312. The van der Waals surface area contributed by atoms with Gasteiger partial charge in [0.2, 0.25) is 5.91 Å². The molecule has 1 aliphatic heterocycles. The summed E-state index contributed by atoms with van der Waals surface area (Å²) in [6.07, 6.45) is 2.31. The van der Waals surface area contributed by atoms with Gasteiger partial charge in [0.05, 0.1) is 0 Å². The van der Waals surface area contributed by atoms with E-state index in [9.17, 15) is 14.4 Å². The number of carbonyl (C=O) groups excluding carboxylic acids is 3. The minimum absolute atomic E-state index is 0.0833. The average Bonchev–Trinajstić information content (AvgIpc) is 3.40. The Morgan fingerprint density at radius 1 is 1.07 bits per heavy atom. The first-order valence-electron chi connectivity index (χ1n) is 9.34. The van der Waals surface area contributed by atoms with Gasteiger partial charge in [0.1, 0.15) is 0 Å². The Bertz CT molecular complexity index is 817. The van der Waals surface area contributed by atoms with E-state index in [1.807, 2.05) is 29.6 Å². The van der Waals surface area contributed by atoms with Crippen LogP contribution in [0.4, 0.5) is 10.5 Å². The number of likely N-dealkylation sites (tertiary alicyclic amines) is 1. The highest BCUT2D eigenvalue weighted by atomic mass is 32.1. The Morgan fingerprint density at radius 2 is 1.89 bits per heavy atom. The standard InChI is InChI=1S/C20H24N4O3S/c25-18(6-8-21-19(26)16-7-11-28-14-16)22-13-15-4-3-5-17(12-15)23-20(27)24-9-1-2-10-24/h3-5,7,11-12,14H,1-2,6,8-10,13H2,(H,21,26)(H,22,25)(H,23,27). The van der Waals surface area contributed by atoms with Crippen molar-refractivity contribution >= 4 is 34.9 Å². The van der Waals surface area contributed by atoms with Crippen LogP contribution in [0, 0.1) is 0 Å². The van der Waals surface area contributed by atoms with Gasteiger partial charge in [-0.25, -0.2) is 4.79 Å². The van der Waals surface area contributed by atoms with Gasteiger partial charge in [-0.05, 0) is 42.0 Å². The fraction of sp³-hybridized carbons (Fsp3) is 0.350. The van der Waals surface area contributed by atoms with Crippen LogP contribution in [-0.2, 0) is 11.3 Å². The Hall–Kier alpha value is -2.87. The van der Waals surface area contributed by atoms with Crippen LogP contribution in [0.2, 0.25) is 0 Å². The van der Waals surface area contributed by atoms with Crippen LogP contribution in [0.25, 0.3) is 0 Å². The third-order valence-corrected chi connectivity index (χ3v) is 5.17. The highest BCUT2D eigenvalue weighted by molar-refractivity contribution is 7.08. The summed E-state index contributed by atoms with van der Waals surface area (Å²) in [6.45, 7) is 2.24. The lowest BCUT2D eigenvalue weighted by atomic mass is 10.2. The average molecular weight is 401 g/mol. The first kappa shape index (κ1) is 19.9. The molecule has 3 rings (SSSR count). The molecule has 1 fully saturated rings. The third-order valence-electron chi connectivity index (χ3n) is 4.48. The number of amides is 4. The normalized spacial score (nSPS) is 13.2. The van der Waals surface area contributed by atoms with E-state index in [1.54, 1.807) is 16.3 Å². The first-order valence-corrected chi connectivity index (χ1v) is 10.3. The molecule has 148 valence electrons. The van der Waals surface area contributed by atoms with Crippen LogP contribution >= 0.6 is 11.3 Å². The smallest absolute Gasteiger partial charge is 0.321 e. The van der Waals surface area contributed by atoms with Gasteiger partial charge in [0.25, 0.3) is 5.91 Å². The second-order valence-electron chi connectivity index (χ2n) is 6.62. The summed E-state index contributed by atoms with van der Waals surface area (Å²) in [6, 6.07) is 9.09. The molecular weight excluding hydrogens is 376 g/mol. The number of hydrogen-bond acceptors (Lipinski definition) is 4. The molecule has 8 heteroatoms. The van der Waals surface area contributed by atoms with Gasteiger partial charge >= 0.3 is 6.03 Å². The van der Waals surface area contributed by atoms with Crippen molar-refractivity contribution in [1.29, 1.82) is 0 Å². The molecule has 0 unspecified atom stereocenters. The second kappa shape index (κ2) is 9.89. The number of thiophene rings is 1. The number of rotatable bonds is 7. The zero-order valence-electron chi connectivity index (χ0n) is 15.6. The van der Waals surface area contributed by atoms with Crippen molar-refractivity contribution in [3.8, 4) is 0 Å². The molecule has 0 spiro atoms. The topological polar surface area (TPSA) is 90.5 Å². The summed E-state index contributed by atoms with van der Waals surface area (Å²) in [7, 11) is 0. The van der Waals surface area contributed by atoms with E-state index in [-0.39, 0.29) is 30.8 Å². The molecule has 2 aromatic rings. The summed E-state index contributed by atoms with van der Waals surface area (Å²) in [4.78, 5) is 37.8. The number of hydrogen-bond donors (Lipinski definition) is 3. The van der Waals surface area contributed by atoms with E-state index in [2.05, 4.69) is 16.0 Å². The zero-order chi connectivity index (χ0) is 19.8. The van der Waals surface area contributed by atoms with Crippen LogP contribution in [0.5, 0.6) is 0 Å². The molecule has 0 radical (unpaired) electrons. The zero-order valence-corrected chi connectivity index (χ0v) is 16.4.